The van der Waals surface area contributed by atoms with E-state index in [1.165, 1.54) is 26.8 Å². The van der Waals surface area contributed by atoms with E-state index in [0.717, 1.165) is 55.0 Å². The van der Waals surface area contributed by atoms with Crippen LogP contribution < -0.4 is 0 Å². The molecule has 0 saturated heterocycles. The SMILES string of the molecule is [Pt+2].[c-]1c(-c2ccccn2)cccc1-n1c2[c-]c(-c3nc4ccccc4s3)ccc2c2ccc(-c3ccc(-c4ccccc4)cc3)cc21. The van der Waals surface area contributed by atoms with Gasteiger partial charge in [0, 0.05) is 21.4 Å². The van der Waals surface area contributed by atoms with Crippen molar-refractivity contribution in [3.05, 3.63) is 164 Å². The van der Waals surface area contributed by atoms with Crippen molar-refractivity contribution in [2.24, 2.45) is 0 Å². The molecular formula is C42H25N3PtS. The van der Waals surface area contributed by atoms with Gasteiger partial charge in [0.25, 0.3) is 0 Å². The molecule has 0 spiro atoms. The number of rotatable bonds is 5. The number of fused-ring (bicyclic) bond motifs is 4. The Bertz CT molecular complexity index is 2480. The number of benzene rings is 6. The van der Waals surface area contributed by atoms with Gasteiger partial charge < -0.3 is 9.55 Å². The number of thiazole rings is 1. The smallest absolute Gasteiger partial charge is 0.346 e. The largest absolute Gasteiger partial charge is 2.00 e. The second-order valence-corrected chi connectivity index (χ2v) is 12.3. The molecule has 9 rings (SSSR count). The summed E-state index contributed by atoms with van der Waals surface area (Å²) >= 11 is 1.70. The van der Waals surface area contributed by atoms with Gasteiger partial charge in [-0.3, -0.25) is 4.98 Å². The summed E-state index contributed by atoms with van der Waals surface area (Å²) in [6.07, 6.45) is 1.82. The number of pyridine rings is 1. The van der Waals surface area contributed by atoms with Gasteiger partial charge in [0.05, 0.1) is 5.52 Å². The van der Waals surface area contributed by atoms with E-state index in [-0.39, 0.29) is 21.1 Å². The second-order valence-electron chi connectivity index (χ2n) is 11.3. The van der Waals surface area contributed by atoms with Gasteiger partial charge in [0.2, 0.25) is 0 Å². The molecule has 0 saturated carbocycles. The Morgan fingerprint density at radius 2 is 1.28 bits per heavy atom. The summed E-state index contributed by atoms with van der Waals surface area (Å²) in [7, 11) is 0. The maximum absolute atomic E-state index is 4.94. The van der Waals surface area contributed by atoms with Gasteiger partial charge in [-0.2, -0.15) is 11.3 Å². The number of para-hydroxylation sites is 1. The van der Waals surface area contributed by atoms with Crippen molar-refractivity contribution >= 4 is 43.4 Å². The van der Waals surface area contributed by atoms with E-state index in [1.54, 1.807) is 11.3 Å². The third kappa shape index (κ3) is 5.30. The van der Waals surface area contributed by atoms with E-state index >= 15 is 0 Å². The molecule has 47 heavy (non-hydrogen) atoms. The van der Waals surface area contributed by atoms with Crippen molar-refractivity contribution in [1.29, 1.82) is 0 Å². The van der Waals surface area contributed by atoms with Crippen molar-refractivity contribution < 1.29 is 21.1 Å². The van der Waals surface area contributed by atoms with Gasteiger partial charge in [-0.15, -0.1) is 53.6 Å². The monoisotopic (exact) mass is 798 g/mol. The van der Waals surface area contributed by atoms with E-state index < -0.39 is 0 Å². The predicted molar refractivity (Wildman–Crippen MR) is 191 cm³/mol. The molecule has 9 aromatic rings. The summed E-state index contributed by atoms with van der Waals surface area (Å²) in [4.78, 5) is 9.54. The average Bonchev–Trinajstić information content (AvgIpc) is 3.71. The molecule has 0 amide bonds. The summed E-state index contributed by atoms with van der Waals surface area (Å²) in [6, 6.07) is 58.4. The maximum atomic E-state index is 4.94. The van der Waals surface area contributed by atoms with Crippen molar-refractivity contribution in [2.45, 2.75) is 0 Å². The van der Waals surface area contributed by atoms with Gasteiger partial charge in [-0.05, 0) is 68.8 Å². The molecule has 0 fully saturated rings. The fourth-order valence-electron chi connectivity index (χ4n) is 6.23. The zero-order valence-corrected chi connectivity index (χ0v) is 28.1. The molecular weight excluding hydrogens is 774 g/mol. The predicted octanol–water partition coefficient (Wildman–Crippen LogP) is 11.1. The summed E-state index contributed by atoms with van der Waals surface area (Å²) in [6.45, 7) is 0. The Kier molecular flexibility index (Phi) is 7.61. The maximum Gasteiger partial charge on any atom is 2.00 e. The van der Waals surface area contributed by atoms with Crippen LogP contribution in [0.25, 0.3) is 81.8 Å². The first-order valence-electron chi connectivity index (χ1n) is 15.2. The number of nitrogens with zero attached hydrogens (tertiary/aromatic N) is 3. The van der Waals surface area contributed by atoms with E-state index in [0.29, 0.717) is 0 Å². The van der Waals surface area contributed by atoms with Crippen molar-refractivity contribution in [3.63, 3.8) is 0 Å². The van der Waals surface area contributed by atoms with Crippen LogP contribution in [0.4, 0.5) is 0 Å². The molecule has 0 aliphatic heterocycles. The van der Waals surface area contributed by atoms with E-state index in [9.17, 15) is 0 Å². The molecule has 3 heterocycles. The van der Waals surface area contributed by atoms with Gasteiger partial charge in [0.15, 0.2) is 0 Å². The van der Waals surface area contributed by atoms with Crippen LogP contribution in [0.3, 0.4) is 0 Å². The summed E-state index contributed by atoms with van der Waals surface area (Å²) in [5.41, 5.74) is 11.6. The van der Waals surface area contributed by atoms with Crippen molar-refractivity contribution in [3.8, 4) is 49.8 Å². The quantitative estimate of drug-likeness (QED) is 0.162. The first kappa shape index (κ1) is 29.3. The van der Waals surface area contributed by atoms with Gasteiger partial charge in [-0.1, -0.05) is 96.4 Å². The number of aromatic nitrogens is 3. The second kappa shape index (κ2) is 12.2. The number of hydrogen-bond donors (Lipinski definition) is 0. The third-order valence-corrected chi connectivity index (χ3v) is 9.56. The normalized spacial score (nSPS) is 11.2. The Hall–Kier alpha value is -5.15. The van der Waals surface area contributed by atoms with E-state index in [2.05, 4.69) is 143 Å². The first-order valence-corrected chi connectivity index (χ1v) is 16.1. The summed E-state index contributed by atoms with van der Waals surface area (Å²) in [5.74, 6) is 0. The van der Waals surface area contributed by atoms with Crippen LogP contribution in [0.2, 0.25) is 0 Å². The minimum Gasteiger partial charge on any atom is -0.346 e. The van der Waals surface area contributed by atoms with E-state index in [4.69, 9.17) is 4.98 Å². The molecule has 0 unspecified atom stereocenters. The van der Waals surface area contributed by atoms with Crippen LogP contribution in [-0.2, 0) is 21.1 Å². The summed E-state index contributed by atoms with van der Waals surface area (Å²) in [5, 5.41) is 3.27. The van der Waals surface area contributed by atoms with Gasteiger partial charge in [0.1, 0.15) is 0 Å². The molecule has 0 atom stereocenters. The standard InChI is InChI=1S/C42H25N3S.Pt/c1-2-9-28(10-3-1)29-16-18-30(19-17-29)31-20-22-35-36-23-21-33(42-44-38-14-4-5-15-41(38)46-42)27-40(36)45(39(35)26-31)34-12-8-11-32(25-34)37-13-6-7-24-43-37;/h1-24,26H;/q-2;+2. The molecule has 0 radical (unpaired) electrons. The van der Waals surface area contributed by atoms with E-state index in [1.807, 2.05) is 30.5 Å². The molecule has 6 aromatic carbocycles. The van der Waals surface area contributed by atoms with Crippen LogP contribution in [0.1, 0.15) is 0 Å². The van der Waals surface area contributed by atoms with Crippen LogP contribution in [0, 0.1) is 12.1 Å². The summed E-state index contributed by atoms with van der Waals surface area (Å²) < 4.78 is 3.46. The average molecular weight is 799 g/mol. The minimum absolute atomic E-state index is 0. The first-order chi connectivity index (χ1) is 22.8. The van der Waals surface area contributed by atoms with Crippen LogP contribution in [0.5, 0.6) is 0 Å². The zero-order valence-electron chi connectivity index (χ0n) is 25.0. The molecule has 3 nitrogen and oxygen atoms in total. The Morgan fingerprint density at radius 1 is 0.553 bits per heavy atom. The Labute approximate surface area is 291 Å². The van der Waals surface area contributed by atoms with Gasteiger partial charge >= 0.3 is 21.1 Å². The van der Waals surface area contributed by atoms with Gasteiger partial charge in [-0.25, -0.2) is 0 Å². The van der Waals surface area contributed by atoms with Crippen LogP contribution >= 0.6 is 11.3 Å². The van der Waals surface area contributed by atoms with Crippen molar-refractivity contribution in [2.75, 3.05) is 0 Å². The van der Waals surface area contributed by atoms with Crippen LogP contribution in [0.15, 0.2) is 152 Å². The molecule has 0 aliphatic carbocycles. The molecule has 0 N–H and O–H groups in total. The minimum atomic E-state index is 0. The molecule has 0 aliphatic rings. The van der Waals surface area contributed by atoms with Crippen molar-refractivity contribution in [1.82, 2.24) is 14.5 Å². The fourth-order valence-corrected chi connectivity index (χ4v) is 7.17. The zero-order chi connectivity index (χ0) is 30.5. The molecule has 3 aromatic heterocycles. The topological polar surface area (TPSA) is 30.7 Å². The van der Waals surface area contributed by atoms with Crippen LogP contribution in [-0.4, -0.2) is 14.5 Å². The third-order valence-electron chi connectivity index (χ3n) is 8.49. The Morgan fingerprint density at radius 3 is 2.09 bits per heavy atom. The molecule has 224 valence electrons. The fraction of sp³-hybridized carbons (Fsp3) is 0. The Balaban J connectivity index is 0.00000324. The molecule has 5 heteroatoms. The molecule has 0 bridgehead atoms. The number of hydrogen-bond acceptors (Lipinski definition) is 3.